The lowest BCUT2D eigenvalue weighted by Crippen LogP contribution is -2.33. The van der Waals surface area contributed by atoms with Gasteiger partial charge < -0.3 is 10.8 Å². The van der Waals surface area contributed by atoms with Gasteiger partial charge in [0.25, 0.3) is 0 Å². The molecule has 0 spiro atoms. The number of rotatable bonds is 5. The number of carbonyl (C=O) groups is 2. The predicted molar refractivity (Wildman–Crippen MR) is 55.2 cm³/mol. The molecule has 1 fully saturated rings. The van der Waals surface area contributed by atoms with Gasteiger partial charge in [0.1, 0.15) is 0 Å². The maximum absolute atomic E-state index is 10.9. The minimum Gasteiger partial charge on any atom is -0.481 e. The Morgan fingerprint density at radius 2 is 2.27 bits per heavy atom. The summed E-state index contributed by atoms with van der Waals surface area (Å²) in [6.45, 7) is 3.51. The van der Waals surface area contributed by atoms with Crippen molar-refractivity contribution >= 4 is 11.9 Å². The summed E-state index contributed by atoms with van der Waals surface area (Å²) in [6, 6.07) is 0.213. The molecule has 15 heavy (non-hydrogen) atoms. The first-order valence-corrected chi connectivity index (χ1v) is 5.26. The molecular weight excluding hydrogens is 196 g/mol. The van der Waals surface area contributed by atoms with Gasteiger partial charge in [0.05, 0.1) is 5.92 Å². The first kappa shape index (κ1) is 12.0. The highest BCUT2D eigenvalue weighted by molar-refractivity contribution is 5.77. The number of hydrogen-bond acceptors (Lipinski definition) is 3. The van der Waals surface area contributed by atoms with Gasteiger partial charge in [0.15, 0.2) is 0 Å². The van der Waals surface area contributed by atoms with E-state index in [1.54, 1.807) is 0 Å². The van der Waals surface area contributed by atoms with Crippen molar-refractivity contribution in [2.45, 2.75) is 32.2 Å². The number of primary amides is 1. The first-order chi connectivity index (χ1) is 7.00. The van der Waals surface area contributed by atoms with Crippen molar-refractivity contribution in [3.8, 4) is 0 Å². The third-order valence-corrected chi connectivity index (χ3v) is 3.02. The van der Waals surface area contributed by atoms with Crippen LogP contribution in [-0.2, 0) is 9.59 Å². The van der Waals surface area contributed by atoms with Gasteiger partial charge in [-0.2, -0.15) is 0 Å². The Morgan fingerprint density at radius 1 is 1.60 bits per heavy atom. The zero-order valence-corrected chi connectivity index (χ0v) is 8.98. The van der Waals surface area contributed by atoms with Crippen LogP contribution in [0.1, 0.15) is 26.2 Å². The van der Waals surface area contributed by atoms with E-state index in [4.69, 9.17) is 10.8 Å². The van der Waals surface area contributed by atoms with Crippen LogP contribution in [0.2, 0.25) is 0 Å². The number of carbonyl (C=O) groups excluding carboxylic acids is 1. The minimum atomic E-state index is -0.771. The third kappa shape index (κ3) is 3.51. The van der Waals surface area contributed by atoms with E-state index in [2.05, 4.69) is 4.90 Å². The summed E-state index contributed by atoms with van der Waals surface area (Å²) < 4.78 is 0. The largest absolute Gasteiger partial charge is 0.481 e. The molecule has 5 heteroatoms. The average molecular weight is 214 g/mol. The Bertz CT molecular complexity index is 255. The molecule has 3 N–H and O–H groups in total. The number of amides is 1. The van der Waals surface area contributed by atoms with Crippen LogP contribution in [-0.4, -0.2) is 41.0 Å². The van der Waals surface area contributed by atoms with Crippen molar-refractivity contribution in [1.29, 1.82) is 0 Å². The molecule has 1 amide bonds. The number of carboxylic acid groups (broad SMARTS) is 1. The Labute approximate surface area is 89.2 Å². The molecule has 1 saturated heterocycles. The van der Waals surface area contributed by atoms with E-state index in [9.17, 15) is 9.59 Å². The topological polar surface area (TPSA) is 83.6 Å². The van der Waals surface area contributed by atoms with E-state index in [0.717, 1.165) is 13.0 Å². The highest BCUT2D eigenvalue weighted by atomic mass is 16.4. The molecule has 1 aliphatic rings. The van der Waals surface area contributed by atoms with E-state index in [1.807, 2.05) is 6.92 Å². The summed E-state index contributed by atoms with van der Waals surface area (Å²) in [7, 11) is 0. The number of nitrogens with zero attached hydrogens (tertiary/aromatic N) is 1. The zero-order valence-electron chi connectivity index (χ0n) is 8.98. The molecule has 86 valence electrons. The van der Waals surface area contributed by atoms with Crippen LogP contribution in [0.25, 0.3) is 0 Å². The molecule has 2 atom stereocenters. The van der Waals surface area contributed by atoms with E-state index >= 15 is 0 Å². The molecule has 1 aliphatic heterocycles. The van der Waals surface area contributed by atoms with Crippen molar-refractivity contribution in [1.82, 2.24) is 4.90 Å². The van der Waals surface area contributed by atoms with E-state index < -0.39 is 5.97 Å². The summed E-state index contributed by atoms with van der Waals surface area (Å²) in [5.41, 5.74) is 5.22. The molecule has 1 heterocycles. The summed E-state index contributed by atoms with van der Waals surface area (Å²) >= 11 is 0. The Kier molecular flexibility index (Phi) is 4.08. The fourth-order valence-corrected chi connectivity index (χ4v) is 1.93. The molecule has 0 radical (unpaired) electrons. The van der Waals surface area contributed by atoms with Gasteiger partial charge in [-0.3, -0.25) is 14.5 Å². The van der Waals surface area contributed by atoms with Gasteiger partial charge in [-0.15, -0.1) is 0 Å². The van der Waals surface area contributed by atoms with E-state index in [0.29, 0.717) is 13.0 Å². The van der Waals surface area contributed by atoms with E-state index in [1.165, 1.54) is 0 Å². The lowest BCUT2D eigenvalue weighted by Gasteiger charge is -2.23. The summed E-state index contributed by atoms with van der Waals surface area (Å²) in [5, 5.41) is 8.55. The van der Waals surface area contributed by atoms with Gasteiger partial charge in [0, 0.05) is 19.0 Å². The van der Waals surface area contributed by atoms with Crippen LogP contribution >= 0.6 is 0 Å². The van der Waals surface area contributed by atoms with Crippen molar-refractivity contribution in [3.05, 3.63) is 0 Å². The van der Waals surface area contributed by atoms with Gasteiger partial charge in [-0.25, -0.2) is 0 Å². The normalized spacial score (nSPS) is 23.9. The third-order valence-electron chi connectivity index (χ3n) is 3.02. The molecule has 0 aromatic heterocycles. The maximum Gasteiger partial charge on any atom is 0.303 e. The highest BCUT2D eigenvalue weighted by Gasteiger charge is 2.29. The zero-order chi connectivity index (χ0) is 11.4. The van der Waals surface area contributed by atoms with Crippen LogP contribution in [0.15, 0.2) is 0 Å². The van der Waals surface area contributed by atoms with Gasteiger partial charge in [-0.05, 0) is 26.3 Å². The van der Waals surface area contributed by atoms with Gasteiger partial charge in [-0.1, -0.05) is 0 Å². The molecule has 0 saturated carbocycles. The highest BCUT2D eigenvalue weighted by Crippen LogP contribution is 2.20. The second kappa shape index (κ2) is 5.11. The molecule has 2 unspecified atom stereocenters. The molecule has 5 nitrogen and oxygen atoms in total. The first-order valence-electron chi connectivity index (χ1n) is 5.26. The lowest BCUT2D eigenvalue weighted by molar-refractivity contribution is -0.137. The summed E-state index contributed by atoms with van der Waals surface area (Å²) in [5.74, 6) is -1.08. The Morgan fingerprint density at radius 3 is 2.73 bits per heavy atom. The maximum atomic E-state index is 10.9. The Hall–Kier alpha value is -1.10. The Balaban J connectivity index is 2.33. The number of nitrogens with two attached hydrogens (primary N) is 1. The molecule has 0 bridgehead atoms. The minimum absolute atomic E-state index is 0.0581. The number of hydrogen-bond donors (Lipinski definition) is 2. The van der Waals surface area contributed by atoms with Crippen molar-refractivity contribution in [2.24, 2.45) is 11.7 Å². The lowest BCUT2D eigenvalue weighted by atomic mass is 10.1. The average Bonchev–Trinajstić information content (AvgIpc) is 2.62. The van der Waals surface area contributed by atoms with Crippen molar-refractivity contribution in [3.63, 3.8) is 0 Å². The SMILES string of the molecule is CC(CCC(=O)O)N1CCC(C(N)=O)C1. The monoisotopic (exact) mass is 214 g/mol. The summed E-state index contributed by atoms with van der Waals surface area (Å²) in [6.07, 6.45) is 1.60. The van der Waals surface area contributed by atoms with E-state index in [-0.39, 0.29) is 24.3 Å². The number of carboxylic acids is 1. The second-order valence-electron chi connectivity index (χ2n) is 4.16. The fourth-order valence-electron chi connectivity index (χ4n) is 1.93. The molecule has 0 aromatic rings. The molecule has 0 aliphatic carbocycles. The van der Waals surface area contributed by atoms with Crippen LogP contribution < -0.4 is 5.73 Å². The van der Waals surface area contributed by atoms with Crippen molar-refractivity contribution < 1.29 is 14.7 Å². The predicted octanol–water partition coefficient (Wildman–Crippen LogP) is 0.0469. The second-order valence-corrected chi connectivity index (χ2v) is 4.16. The van der Waals surface area contributed by atoms with Gasteiger partial charge in [0.2, 0.25) is 5.91 Å². The smallest absolute Gasteiger partial charge is 0.303 e. The molecule has 0 aromatic carbocycles. The standard InChI is InChI=1S/C10H18N2O3/c1-7(2-3-9(13)14)12-5-4-8(6-12)10(11)15/h7-8H,2-6H2,1H3,(H2,11,15)(H,13,14). The molecular formula is C10H18N2O3. The number of likely N-dealkylation sites (tertiary alicyclic amines) is 1. The van der Waals surface area contributed by atoms with Crippen LogP contribution in [0.4, 0.5) is 0 Å². The van der Waals surface area contributed by atoms with Crippen LogP contribution in [0.3, 0.4) is 0 Å². The molecule has 1 rings (SSSR count). The van der Waals surface area contributed by atoms with Crippen LogP contribution in [0, 0.1) is 5.92 Å². The van der Waals surface area contributed by atoms with Gasteiger partial charge >= 0.3 is 5.97 Å². The summed E-state index contributed by atoms with van der Waals surface area (Å²) in [4.78, 5) is 23.5. The fraction of sp³-hybridized carbons (Fsp3) is 0.800. The number of aliphatic carboxylic acids is 1. The van der Waals surface area contributed by atoms with Crippen molar-refractivity contribution in [2.75, 3.05) is 13.1 Å². The quantitative estimate of drug-likeness (QED) is 0.677. The van der Waals surface area contributed by atoms with Crippen LogP contribution in [0.5, 0.6) is 0 Å².